The Hall–Kier alpha value is -2.20. The highest BCUT2D eigenvalue weighted by Crippen LogP contribution is 2.27. The Morgan fingerprint density at radius 3 is 2.92 bits per heavy atom. The molecule has 4 heteroatoms. The monoisotopic (exact) mass is 324 g/mol. The van der Waals surface area contributed by atoms with E-state index in [1.54, 1.807) is 18.2 Å². The van der Waals surface area contributed by atoms with Gasteiger partial charge in [-0.1, -0.05) is 24.6 Å². The fourth-order valence-electron chi connectivity index (χ4n) is 3.45. The van der Waals surface area contributed by atoms with Gasteiger partial charge in [0, 0.05) is 12.6 Å². The van der Waals surface area contributed by atoms with Crippen LogP contribution < -0.4 is 0 Å². The second-order valence-electron chi connectivity index (χ2n) is 6.62. The number of nitrogens with zero attached hydrogens (tertiary/aromatic N) is 2. The van der Waals surface area contributed by atoms with Crippen LogP contribution in [-0.4, -0.2) is 22.5 Å². The van der Waals surface area contributed by atoms with E-state index in [0.29, 0.717) is 23.1 Å². The standard InChI is InChI=1S/C20H21FN2O/c1-14-6-4-5-11-23(14)13-15-9-10-19-18(12-15)22-20(24-19)16-7-2-3-8-17(16)21/h2-3,7-10,12,14H,4-6,11,13H2,1H3/t14-/m0/s1. The number of oxazole rings is 1. The van der Waals surface area contributed by atoms with Crippen molar-refractivity contribution in [1.82, 2.24) is 9.88 Å². The summed E-state index contributed by atoms with van der Waals surface area (Å²) < 4.78 is 19.7. The summed E-state index contributed by atoms with van der Waals surface area (Å²) in [5, 5.41) is 0. The molecule has 2 heterocycles. The first-order valence-electron chi connectivity index (χ1n) is 8.59. The number of piperidine rings is 1. The van der Waals surface area contributed by atoms with Gasteiger partial charge in [-0.25, -0.2) is 9.37 Å². The number of fused-ring (bicyclic) bond motifs is 1. The van der Waals surface area contributed by atoms with Crippen LogP contribution in [0.2, 0.25) is 0 Å². The van der Waals surface area contributed by atoms with E-state index < -0.39 is 0 Å². The highest BCUT2D eigenvalue weighted by Gasteiger charge is 2.19. The molecule has 0 aliphatic carbocycles. The molecule has 1 saturated heterocycles. The summed E-state index contributed by atoms with van der Waals surface area (Å²) in [6.45, 7) is 4.38. The number of hydrogen-bond acceptors (Lipinski definition) is 3. The predicted octanol–water partition coefficient (Wildman–Crippen LogP) is 5.01. The molecule has 0 saturated carbocycles. The van der Waals surface area contributed by atoms with Crippen molar-refractivity contribution >= 4 is 11.1 Å². The first-order valence-corrected chi connectivity index (χ1v) is 8.59. The Bertz CT molecular complexity index is 858. The van der Waals surface area contributed by atoms with Crippen molar-refractivity contribution in [3.63, 3.8) is 0 Å². The molecular weight excluding hydrogens is 303 g/mol. The lowest BCUT2D eigenvalue weighted by Gasteiger charge is -2.33. The van der Waals surface area contributed by atoms with Crippen LogP contribution in [0.15, 0.2) is 46.9 Å². The Labute approximate surface area is 141 Å². The minimum Gasteiger partial charge on any atom is -0.436 e. The van der Waals surface area contributed by atoms with Crippen LogP contribution in [0.4, 0.5) is 4.39 Å². The molecule has 1 aromatic heterocycles. The van der Waals surface area contributed by atoms with Gasteiger partial charge in [0.05, 0.1) is 5.56 Å². The molecule has 0 N–H and O–H groups in total. The van der Waals surface area contributed by atoms with Crippen LogP contribution in [0.1, 0.15) is 31.7 Å². The lowest BCUT2D eigenvalue weighted by molar-refractivity contribution is 0.152. The molecule has 3 nitrogen and oxygen atoms in total. The summed E-state index contributed by atoms with van der Waals surface area (Å²) in [6.07, 6.45) is 3.86. The third-order valence-corrected chi connectivity index (χ3v) is 4.88. The van der Waals surface area contributed by atoms with Gasteiger partial charge in [0.2, 0.25) is 5.89 Å². The first kappa shape index (κ1) is 15.3. The van der Waals surface area contributed by atoms with Crippen molar-refractivity contribution < 1.29 is 8.81 Å². The summed E-state index contributed by atoms with van der Waals surface area (Å²) in [6, 6.07) is 13.3. The van der Waals surface area contributed by atoms with E-state index in [2.05, 4.69) is 28.9 Å². The molecule has 1 fully saturated rings. The SMILES string of the molecule is C[C@H]1CCCCN1Cc1ccc2oc(-c3ccccc3F)nc2c1. The Morgan fingerprint density at radius 1 is 1.21 bits per heavy atom. The second kappa shape index (κ2) is 6.36. The summed E-state index contributed by atoms with van der Waals surface area (Å²) in [5.74, 6) is 0.0259. The van der Waals surface area contributed by atoms with Gasteiger partial charge in [0.1, 0.15) is 11.3 Å². The van der Waals surface area contributed by atoms with E-state index in [9.17, 15) is 4.39 Å². The molecule has 0 spiro atoms. The van der Waals surface area contributed by atoms with Crippen molar-refractivity contribution in [1.29, 1.82) is 0 Å². The van der Waals surface area contributed by atoms with E-state index in [-0.39, 0.29) is 5.82 Å². The Balaban J connectivity index is 1.63. The molecule has 2 aromatic carbocycles. The van der Waals surface area contributed by atoms with E-state index in [0.717, 1.165) is 18.6 Å². The molecule has 0 bridgehead atoms. The molecule has 124 valence electrons. The Morgan fingerprint density at radius 2 is 2.08 bits per heavy atom. The number of halogens is 1. The van der Waals surface area contributed by atoms with Gasteiger partial charge in [-0.2, -0.15) is 0 Å². The topological polar surface area (TPSA) is 29.3 Å². The lowest BCUT2D eigenvalue weighted by Crippen LogP contribution is -2.36. The smallest absolute Gasteiger partial charge is 0.230 e. The van der Waals surface area contributed by atoms with Gasteiger partial charge in [0.25, 0.3) is 0 Å². The fraction of sp³-hybridized carbons (Fsp3) is 0.350. The molecule has 0 radical (unpaired) electrons. The lowest BCUT2D eigenvalue weighted by atomic mass is 10.0. The first-order chi connectivity index (χ1) is 11.7. The van der Waals surface area contributed by atoms with E-state index in [1.165, 1.54) is 30.9 Å². The van der Waals surface area contributed by atoms with Crippen LogP contribution in [-0.2, 0) is 6.54 Å². The molecule has 3 aromatic rings. The van der Waals surface area contributed by atoms with Gasteiger partial charge >= 0.3 is 0 Å². The van der Waals surface area contributed by atoms with Crippen molar-refractivity contribution in [3.05, 3.63) is 53.8 Å². The minimum atomic E-state index is -0.313. The van der Waals surface area contributed by atoms with Gasteiger partial charge in [-0.3, -0.25) is 4.90 Å². The largest absolute Gasteiger partial charge is 0.436 e. The van der Waals surface area contributed by atoms with Crippen LogP contribution in [0.3, 0.4) is 0 Å². The van der Waals surface area contributed by atoms with Crippen molar-refractivity contribution in [2.75, 3.05) is 6.54 Å². The van der Waals surface area contributed by atoms with E-state index >= 15 is 0 Å². The van der Waals surface area contributed by atoms with Crippen LogP contribution in [0.25, 0.3) is 22.6 Å². The number of likely N-dealkylation sites (tertiary alicyclic amines) is 1. The molecule has 1 atom stereocenters. The zero-order chi connectivity index (χ0) is 16.5. The summed E-state index contributed by atoms with van der Waals surface area (Å²) in [4.78, 5) is 7.01. The van der Waals surface area contributed by atoms with E-state index in [4.69, 9.17) is 4.42 Å². The van der Waals surface area contributed by atoms with Gasteiger partial charge in [-0.15, -0.1) is 0 Å². The van der Waals surface area contributed by atoms with Gasteiger partial charge in [0.15, 0.2) is 5.58 Å². The highest BCUT2D eigenvalue weighted by molar-refractivity contribution is 5.77. The number of rotatable bonds is 3. The third kappa shape index (κ3) is 2.94. The minimum absolute atomic E-state index is 0.313. The Kier molecular flexibility index (Phi) is 4.07. The van der Waals surface area contributed by atoms with E-state index in [1.807, 2.05) is 6.07 Å². The van der Waals surface area contributed by atoms with Crippen LogP contribution in [0.5, 0.6) is 0 Å². The maximum atomic E-state index is 13.9. The summed E-state index contributed by atoms with van der Waals surface area (Å²) in [5.41, 5.74) is 3.11. The molecule has 1 aliphatic rings. The van der Waals surface area contributed by atoms with Crippen molar-refractivity contribution in [2.24, 2.45) is 0 Å². The molecule has 24 heavy (non-hydrogen) atoms. The van der Waals surface area contributed by atoms with Crippen molar-refractivity contribution in [2.45, 2.75) is 38.8 Å². The third-order valence-electron chi connectivity index (χ3n) is 4.88. The molecule has 4 rings (SSSR count). The average Bonchev–Trinajstić information content (AvgIpc) is 3.00. The second-order valence-corrected chi connectivity index (χ2v) is 6.62. The van der Waals surface area contributed by atoms with Crippen molar-refractivity contribution in [3.8, 4) is 11.5 Å². The summed E-state index contributed by atoms with van der Waals surface area (Å²) in [7, 11) is 0. The molecule has 1 aliphatic heterocycles. The number of hydrogen-bond donors (Lipinski definition) is 0. The van der Waals surface area contributed by atoms with Crippen LogP contribution in [0, 0.1) is 5.82 Å². The molecule has 0 amide bonds. The van der Waals surface area contributed by atoms with Crippen LogP contribution >= 0.6 is 0 Å². The summed E-state index contributed by atoms with van der Waals surface area (Å²) >= 11 is 0. The normalized spacial score (nSPS) is 19.0. The average molecular weight is 324 g/mol. The molecular formula is C20H21FN2O. The number of aromatic nitrogens is 1. The number of benzene rings is 2. The highest BCUT2D eigenvalue weighted by atomic mass is 19.1. The zero-order valence-electron chi connectivity index (χ0n) is 13.8. The predicted molar refractivity (Wildman–Crippen MR) is 93.1 cm³/mol. The zero-order valence-corrected chi connectivity index (χ0v) is 13.8. The maximum Gasteiger partial charge on any atom is 0.230 e. The molecule has 0 unspecified atom stereocenters. The van der Waals surface area contributed by atoms with Gasteiger partial charge < -0.3 is 4.42 Å². The maximum absolute atomic E-state index is 13.9. The van der Waals surface area contributed by atoms with Gasteiger partial charge in [-0.05, 0) is 56.1 Å². The fourth-order valence-corrected chi connectivity index (χ4v) is 3.45. The quantitative estimate of drug-likeness (QED) is 0.678.